The van der Waals surface area contributed by atoms with Crippen LogP contribution in [0.3, 0.4) is 0 Å². The Balaban J connectivity index is 1.53. The molecule has 1 aliphatic carbocycles. The lowest BCUT2D eigenvalue weighted by molar-refractivity contribution is 0.188. The molecule has 0 amide bonds. The van der Waals surface area contributed by atoms with Crippen LogP contribution in [0.15, 0.2) is 76.9 Å². The minimum atomic E-state index is -0.414. The third kappa shape index (κ3) is 5.58. The maximum Gasteiger partial charge on any atom is 0.253 e. The van der Waals surface area contributed by atoms with Crippen LogP contribution in [0.25, 0.3) is 10.9 Å². The molecule has 1 saturated carbocycles. The lowest BCUT2D eigenvalue weighted by Crippen LogP contribution is -2.35. The van der Waals surface area contributed by atoms with Crippen LogP contribution in [0, 0.1) is 0 Å². The van der Waals surface area contributed by atoms with Gasteiger partial charge in [-0.2, -0.15) is 0 Å². The number of nitrogens with zero attached hydrogens (tertiary/aromatic N) is 5. The van der Waals surface area contributed by atoms with Crippen molar-refractivity contribution >= 4 is 22.2 Å². The summed E-state index contributed by atoms with van der Waals surface area (Å²) in [4.78, 5) is 20.6. The van der Waals surface area contributed by atoms with E-state index < -0.39 is 6.04 Å². The zero-order valence-electron chi connectivity index (χ0n) is 22.3. The van der Waals surface area contributed by atoms with Crippen LogP contribution in [0.1, 0.15) is 78.5 Å². The van der Waals surface area contributed by atoms with E-state index in [0.29, 0.717) is 18.7 Å². The SMILES string of the molecule is CCc1ccc2[nH]c(=O)c(C(c3nnnn3C3CCCCC3)N(Cc3ccccc3)Cc3cccs3)cc2c1. The van der Waals surface area contributed by atoms with E-state index in [-0.39, 0.29) is 11.6 Å². The first-order valence-electron chi connectivity index (χ1n) is 13.9. The van der Waals surface area contributed by atoms with Gasteiger partial charge in [-0.25, -0.2) is 4.68 Å². The average molecular weight is 539 g/mol. The molecular weight excluding hydrogens is 504 g/mol. The molecule has 1 fully saturated rings. The Labute approximate surface area is 232 Å². The zero-order chi connectivity index (χ0) is 26.6. The number of aromatic nitrogens is 5. The number of pyridine rings is 1. The summed E-state index contributed by atoms with van der Waals surface area (Å²) in [7, 11) is 0. The Bertz CT molecular complexity index is 1570. The summed E-state index contributed by atoms with van der Waals surface area (Å²) in [6, 6.07) is 22.8. The normalized spacial score (nSPS) is 15.2. The van der Waals surface area contributed by atoms with Gasteiger partial charge in [0.2, 0.25) is 0 Å². The predicted molar refractivity (Wildman–Crippen MR) is 156 cm³/mol. The van der Waals surface area contributed by atoms with E-state index in [2.05, 4.69) is 92.3 Å². The van der Waals surface area contributed by atoms with Gasteiger partial charge in [-0.1, -0.05) is 68.7 Å². The largest absolute Gasteiger partial charge is 0.322 e. The van der Waals surface area contributed by atoms with Gasteiger partial charge >= 0.3 is 0 Å². The number of aromatic amines is 1. The van der Waals surface area contributed by atoms with E-state index >= 15 is 0 Å². The smallest absolute Gasteiger partial charge is 0.253 e. The van der Waals surface area contributed by atoms with Crippen molar-refractivity contribution in [2.24, 2.45) is 0 Å². The number of thiophene rings is 1. The third-order valence-electron chi connectivity index (χ3n) is 7.86. The number of tetrazole rings is 1. The standard InChI is InChI=1S/C31H34N6OS/c1-2-22-15-16-28-24(18-22)19-27(31(38)32-28)29(30-33-34-35-37(30)25-12-7-4-8-13-25)36(21-26-14-9-17-39-26)20-23-10-5-3-6-11-23/h3,5-6,9-11,14-19,25,29H,2,4,7-8,12-13,20-21H2,1H3,(H,32,38). The molecule has 0 radical (unpaired) electrons. The zero-order valence-corrected chi connectivity index (χ0v) is 23.1. The van der Waals surface area contributed by atoms with Crippen LogP contribution < -0.4 is 5.56 Å². The molecule has 5 aromatic rings. The summed E-state index contributed by atoms with van der Waals surface area (Å²) in [5.74, 6) is 0.742. The number of hydrogen-bond donors (Lipinski definition) is 1. The monoisotopic (exact) mass is 538 g/mol. The molecule has 1 unspecified atom stereocenters. The van der Waals surface area contributed by atoms with Crippen molar-refractivity contribution in [3.63, 3.8) is 0 Å². The molecular formula is C31H34N6OS. The van der Waals surface area contributed by atoms with E-state index in [1.165, 1.54) is 35.3 Å². The summed E-state index contributed by atoms with van der Waals surface area (Å²) in [6.45, 7) is 3.49. The first kappa shape index (κ1) is 25.6. The summed E-state index contributed by atoms with van der Waals surface area (Å²) in [5, 5.41) is 16.4. The molecule has 0 aliphatic heterocycles. The first-order valence-corrected chi connectivity index (χ1v) is 14.8. The Morgan fingerprint density at radius 3 is 2.62 bits per heavy atom. The molecule has 7 nitrogen and oxygen atoms in total. The Hall–Kier alpha value is -3.62. The molecule has 6 rings (SSSR count). The molecule has 8 heteroatoms. The Morgan fingerprint density at radius 1 is 1.00 bits per heavy atom. The molecule has 0 bridgehead atoms. The topological polar surface area (TPSA) is 79.7 Å². The van der Waals surface area contributed by atoms with Crippen LogP contribution in [-0.2, 0) is 19.5 Å². The highest BCUT2D eigenvalue weighted by atomic mass is 32.1. The Morgan fingerprint density at radius 2 is 1.85 bits per heavy atom. The molecule has 200 valence electrons. The fourth-order valence-electron chi connectivity index (χ4n) is 5.82. The van der Waals surface area contributed by atoms with Crippen molar-refractivity contribution in [2.45, 2.75) is 70.6 Å². The van der Waals surface area contributed by atoms with Gasteiger partial charge in [0.25, 0.3) is 5.56 Å². The van der Waals surface area contributed by atoms with Gasteiger partial charge in [-0.15, -0.1) is 16.4 Å². The Kier molecular flexibility index (Phi) is 7.65. The van der Waals surface area contributed by atoms with Crippen LogP contribution in [0.5, 0.6) is 0 Å². The van der Waals surface area contributed by atoms with Gasteiger partial charge in [0.05, 0.1) is 6.04 Å². The van der Waals surface area contributed by atoms with E-state index in [4.69, 9.17) is 0 Å². The minimum Gasteiger partial charge on any atom is -0.322 e. The highest BCUT2D eigenvalue weighted by Crippen LogP contribution is 2.35. The van der Waals surface area contributed by atoms with Crippen LogP contribution in [-0.4, -0.2) is 30.1 Å². The maximum absolute atomic E-state index is 13.8. The number of fused-ring (bicyclic) bond motifs is 1. The molecule has 2 aromatic carbocycles. The molecule has 3 aromatic heterocycles. The predicted octanol–water partition coefficient (Wildman–Crippen LogP) is 6.44. The van der Waals surface area contributed by atoms with Crippen molar-refractivity contribution in [1.29, 1.82) is 0 Å². The van der Waals surface area contributed by atoms with E-state index in [0.717, 1.165) is 36.0 Å². The number of H-pyrrole nitrogens is 1. The van der Waals surface area contributed by atoms with Gasteiger partial charge < -0.3 is 4.98 Å². The van der Waals surface area contributed by atoms with E-state index in [1.54, 1.807) is 11.3 Å². The molecule has 0 spiro atoms. The van der Waals surface area contributed by atoms with Crippen molar-refractivity contribution in [1.82, 2.24) is 30.1 Å². The lowest BCUT2D eigenvalue weighted by atomic mass is 9.95. The second-order valence-corrected chi connectivity index (χ2v) is 11.5. The average Bonchev–Trinajstić information content (AvgIpc) is 3.67. The first-order chi connectivity index (χ1) is 19.2. The molecule has 1 atom stereocenters. The summed E-state index contributed by atoms with van der Waals surface area (Å²) >= 11 is 1.73. The fraction of sp³-hybridized carbons (Fsp3) is 0.355. The van der Waals surface area contributed by atoms with Crippen molar-refractivity contribution in [2.75, 3.05) is 0 Å². The van der Waals surface area contributed by atoms with Crippen LogP contribution in [0.2, 0.25) is 0 Å². The summed E-state index contributed by atoms with van der Waals surface area (Å²) in [5.41, 5.74) is 3.85. The van der Waals surface area contributed by atoms with Gasteiger partial charge in [0.1, 0.15) is 6.04 Å². The van der Waals surface area contributed by atoms with Crippen molar-refractivity contribution < 1.29 is 0 Å². The molecule has 1 N–H and O–H groups in total. The third-order valence-corrected chi connectivity index (χ3v) is 8.72. The number of rotatable bonds is 9. The molecule has 39 heavy (non-hydrogen) atoms. The number of nitrogens with one attached hydrogen (secondary N) is 1. The van der Waals surface area contributed by atoms with Gasteiger partial charge in [0, 0.05) is 29.0 Å². The summed E-state index contributed by atoms with van der Waals surface area (Å²) < 4.78 is 2.02. The molecule has 1 aliphatic rings. The number of benzene rings is 2. The second kappa shape index (κ2) is 11.6. The van der Waals surface area contributed by atoms with E-state index in [1.807, 2.05) is 16.8 Å². The lowest BCUT2D eigenvalue weighted by Gasteiger charge is -2.32. The number of hydrogen-bond acceptors (Lipinski definition) is 6. The van der Waals surface area contributed by atoms with E-state index in [9.17, 15) is 4.79 Å². The van der Waals surface area contributed by atoms with Crippen molar-refractivity contribution in [3.05, 3.63) is 110 Å². The fourth-order valence-corrected chi connectivity index (χ4v) is 6.55. The summed E-state index contributed by atoms with van der Waals surface area (Å²) in [6.07, 6.45) is 6.65. The van der Waals surface area contributed by atoms with Gasteiger partial charge in [-0.3, -0.25) is 9.69 Å². The van der Waals surface area contributed by atoms with Gasteiger partial charge in [-0.05, 0) is 75.8 Å². The van der Waals surface area contributed by atoms with Crippen LogP contribution in [0.4, 0.5) is 0 Å². The number of aryl methyl sites for hydroxylation is 1. The molecule has 3 heterocycles. The maximum atomic E-state index is 13.8. The van der Waals surface area contributed by atoms with Crippen molar-refractivity contribution in [3.8, 4) is 0 Å². The highest BCUT2D eigenvalue weighted by Gasteiger charge is 2.33. The minimum absolute atomic E-state index is 0.0980. The second-order valence-electron chi connectivity index (χ2n) is 10.5. The van der Waals surface area contributed by atoms with Gasteiger partial charge in [0.15, 0.2) is 5.82 Å². The molecule has 0 saturated heterocycles. The highest BCUT2D eigenvalue weighted by molar-refractivity contribution is 7.09. The van der Waals surface area contributed by atoms with Crippen LogP contribution >= 0.6 is 11.3 Å². The quantitative estimate of drug-likeness (QED) is 0.234.